The van der Waals surface area contributed by atoms with Crippen LogP contribution in [-0.2, 0) is 36.8 Å². The van der Waals surface area contributed by atoms with Gasteiger partial charge in [0.25, 0.3) is 5.91 Å². The van der Waals surface area contributed by atoms with Crippen LogP contribution < -0.4 is 27.1 Å². The van der Waals surface area contributed by atoms with Crippen LogP contribution in [0.5, 0.6) is 0 Å². The Morgan fingerprint density at radius 3 is 1.82 bits per heavy atom. The molecule has 2 aromatic carbocycles. The molecule has 434 valence electrons. The number of hydrogen-bond donors (Lipinski definition) is 6. The van der Waals surface area contributed by atoms with Crippen LogP contribution in [0.1, 0.15) is 81.7 Å². The lowest BCUT2D eigenvalue weighted by atomic mass is 9.82. The number of methoxy groups -OCH3 is 2. The maximum Gasteiger partial charge on any atom is 0.407 e. The number of rotatable bonds is 21. The van der Waals surface area contributed by atoms with Gasteiger partial charge in [0.15, 0.2) is 0 Å². The molecule has 2 bridgehead atoms. The number of halogens is 10. The Morgan fingerprint density at radius 2 is 1.35 bits per heavy atom. The lowest BCUT2D eigenvalue weighted by molar-refractivity contribution is -0.221. The van der Waals surface area contributed by atoms with Crippen LogP contribution >= 0.6 is 0 Å². The number of aliphatic hydroxyl groups excluding tert-OH is 1. The van der Waals surface area contributed by atoms with E-state index in [0.29, 0.717) is 85.9 Å². The molecule has 7 N–H and O–H groups in total. The van der Waals surface area contributed by atoms with Gasteiger partial charge in [-0.05, 0) is 95.2 Å². The predicted molar refractivity (Wildman–Crippen MR) is 266 cm³/mol. The molecule has 6 atom stereocenters. The summed E-state index contributed by atoms with van der Waals surface area (Å²) in [7, 11) is 1.61. The molecule has 17 nitrogen and oxygen atoms in total. The minimum absolute atomic E-state index is 0.262. The van der Waals surface area contributed by atoms with E-state index < -0.39 is 126 Å². The molecular formula is C52H63F10N9O8. The molecule has 3 aromatic rings. The number of alkyl carbamates (subject to hydrolysis) is 2. The fourth-order valence-electron chi connectivity index (χ4n) is 9.85. The van der Waals surface area contributed by atoms with E-state index in [2.05, 4.69) is 24.7 Å². The third-order valence-corrected chi connectivity index (χ3v) is 14.8. The van der Waals surface area contributed by atoms with Crippen molar-refractivity contribution in [1.82, 2.24) is 36.3 Å². The Kier molecular flexibility index (Phi) is 19.7. The minimum Gasteiger partial charge on any atom is -0.453 e. The summed E-state index contributed by atoms with van der Waals surface area (Å²) in [5.74, 6) is -5.82. The standard InChI is InChI=1S/C52H63F10N9O8/c1-49(2,51(57,58)59)42(67-47(75)77-5)44(73)66-40(17-27-7-9-28(10-8-27)29-11-14-39(65-22-29)31-18-32-12-13-33(19-31)71(32)34-25-79-26-34)41(72)24-70(69-45(74)43(68-48(76)78-6)50(3,4)52(60,61)62)23-35-36(53)20-30(21-37(35)54)38(63)15-16-64-46(55)56/h7-11,14-16,20-22,31-34,40-43,46,72H,12-13,17-19,23-26,63H2,1-6H3,(H,66,73)(H,67,75)(H,68,76)(H,69,74)/t31?,32?,33?,40-,41-,42+,43+/m0/s1. The number of pyridine rings is 1. The average Bonchev–Trinajstić information content (AvgIpc) is 3.61. The summed E-state index contributed by atoms with van der Waals surface area (Å²) in [6.07, 6.45) is -8.69. The molecule has 4 amide bonds. The van der Waals surface area contributed by atoms with Crippen LogP contribution in [0.3, 0.4) is 0 Å². The van der Waals surface area contributed by atoms with E-state index in [1.165, 1.54) is 0 Å². The van der Waals surface area contributed by atoms with Gasteiger partial charge in [0.2, 0.25) is 5.91 Å². The maximum absolute atomic E-state index is 16.0. The summed E-state index contributed by atoms with van der Waals surface area (Å²) in [6.45, 7) is -1.63. The van der Waals surface area contributed by atoms with Gasteiger partial charge in [0.05, 0.1) is 56.5 Å². The molecular weight excluding hydrogens is 1070 g/mol. The van der Waals surface area contributed by atoms with E-state index >= 15 is 8.78 Å². The first-order valence-electron chi connectivity index (χ1n) is 25.0. The van der Waals surface area contributed by atoms with E-state index in [1.54, 1.807) is 35.8 Å². The number of nitrogens with zero attached hydrogens (tertiary/aromatic N) is 4. The second kappa shape index (κ2) is 25.3. The van der Waals surface area contributed by atoms with Crippen LogP contribution in [0.4, 0.5) is 53.5 Å². The van der Waals surface area contributed by atoms with Gasteiger partial charge in [-0.15, -0.1) is 0 Å². The summed E-state index contributed by atoms with van der Waals surface area (Å²) in [4.78, 5) is 63.1. The van der Waals surface area contributed by atoms with E-state index in [0.717, 1.165) is 64.9 Å². The highest BCUT2D eigenvalue weighted by Crippen LogP contribution is 2.45. The lowest BCUT2D eigenvalue weighted by Gasteiger charge is -2.46. The quantitative estimate of drug-likeness (QED) is 0.0268. The summed E-state index contributed by atoms with van der Waals surface area (Å²) in [6, 6.07) is 6.19. The highest BCUT2D eigenvalue weighted by Gasteiger charge is 2.57. The zero-order chi connectivity index (χ0) is 58.4. The topological polar surface area (TPSA) is 222 Å². The third kappa shape index (κ3) is 14.8. The van der Waals surface area contributed by atoms with Crippen LogP contribution in [0.15, 0.2) is 65.8 Å². The van der Waals surface area contributed by atoms with Gasteiger partial charge in [-0.3, -0.25) is 24.9 Å². The van der Waals surface area contributed by atoms with Crippen molar-refractivity contribution >= 4 is 35.9 Å². The van der Waals surface area contributed by atoms with Crippen LogP contribution in [-0.4, -0.2) is 145 Å². The summed E-state index contributed by atoms with van der Waals surface area (Å²) < 4.78 is 159. The number of piperidine rings is 1. The van der Waals surface area contributed by atoms with Crippen molar-refractivity contribution in [3.05, 3.63) is 94.8 Å². The zero-order valence-corrected chi connectivity index (χ0v) is 43.9. The number of aromatic nitrogens is 1. The number of hydrogen-bond acceptors (Lipinski definition) is 13. The highest BCUT2D eigenvalue weighted by molar-refractivity contribution is 5.87. The van der Waals surface area contributed by atoms with Crippen molar-refractivity contribution in [3.8, 4) is 11.1 Å². The first-order chi connectivity index (χ1) is 36.9. The van der Waals surface area contributed by atoms with Crippen LogP contribution in [0.25, 0.3) is 16.8 Å². The number of allylic oxidation sites excluding steroid dienone is 1. The monoisotopic (exact) mass is 1130 g/mol. The Labute approximate surface area is 448 Å². The molecule has 0 spiro atoms. The molecule has 3 aliphatic heterocycles. The number of aliphatic hydroxyl groups is 1. The molecule has 3 fully saturated rings. The molecule has 3 aliphatic rings. The number of hydrazine groups is 1. The van der Waals surface area contributed by atoms with Gasteiger partial charge >= 0.3 is 31.1 Å². The number of alkyl halides is 8. The van der Waals surface area contributed by atoms with Gasteiger partial charge < -0.3 is 41.0 Å². The summed E-state index contributed by atoms with van der Waals surface area (Å²) >= 11 is 0. The zero-order valence-electron chi connectivity index (χ0n) is 43.9. The number of carbonyl (C=O) groups excluding carboxylic acids is 4. The fraction of sp³-hybridized carbons (Fsp3) is 0.538. The molecule has 27 heteroatoms. The largest absolute Gasteiger partial charge is 0.453 e. The normalized spacial score (nSPS) is 20.1. The van der Waals surface area contributed by atoms with Crippen LogP contribution in [0.2, 0.25) is 0 Å². The molecule has 4 heterocycles. The molecule has 6 rings (SSSR count). The first-order valence-corrected chi connectivity index (χ1v) is 25.0. The van der Waals surface area contributed by atoms with E-state index in [-0.39, 0.29) is 5.92 Å². The third-order valence-electron chi connectivity index (χ3n) is 14.8. The van der Waals surface area contributed by atoms with Crippen molar-refractivity contribution in [2.45, 2.75) is 134 Å². The number of amides is 4. The Morgan fingerprint density at radius 1 is 0.823 bits per heavy atom. The second-order valence-electron chi connectivity index (χ2n) is 20.8. The SMILES string of the molecule is COC(=O)N[C@H](C(=O)N[C@@H](Cc1ccc(-c2ccc(C3CC4CCC(C3)N4C3COC3)nc2)cc1)[C@@H](O)CN(Cc1c(F)cc(C(N)=CC=NC(F)F)cc1F)NC(=O)[C@@H](NC(=O)OC)C(C)(C)C(F)(F)F)C(C)(C)C(F)(F)F. The highest BCUT2D eigenvalue weighted by atomic mass is 19.4. The lowest BCUT2D eigenvalue weighted by Crippen LogP contribution is -2.63. The van der Waals surface area contributed by atoms with E-state index in [4.69, 9.17) is 15.5 Å². The number of ether oxygens (including phenoxy) is 3. The number of aliphatic imine (C=N–C) groups is 1. The molecule has 1 aromatic heterocycles. The van der Waals surface area contributed by atoms with Gasteiger partial charge in [-0.2, -0.15) is 35.1 Å². The number of benzene rings is 2. The Bertz CT molecular complexity index is 2650. The van der Waals surface area contributed by atoms with E-state index in [1.807, 2.05) is 22.9 Å². The Balaban J connectivity index is 1.34. The van der Waals surface area contributed by atoms with Crippen molar-refractivity contribution in [2.75, 3.05) is 34.0 Å². The summed E-state index contributed by atoms with van der Waals surface area (Å²) in [5, 5.41) is 18.6. The van der Waals surface area contributed by atoms with Crippen LogP contribution in [0, 0.1) is 22.5 Å². The molecule has 2 unspecified atom stereocenters. The number of nitrogens with two attached hydrogens (primary N) is 1. The van der Waals surface area contributed by atoms with Gasteiger partial charge in [0.1, 0.15) is 23.7 Å². The average molecular weight is 1130 g/mol. The summed E-state index contributed by atoms with van der Waals surface area (Å²) in [5.41, 5.74) is 2.56. The predicted octanol–water partition coefficient (Wildman–Crippen LogP) is 7.28. The van der Waals surface area contributed by atoms with Crippen molar-refractivity contribution in [3.63, 3.8) is 0 Å². The number of fused-ring (bicyclic) bond motifs is 2. The van der Waals surface area contributed by atoms with E-state index in [9.17, 15) is 59.4 Å². The smallest absolute Gasteiger partial charge is 0.407 e. The molecule has 0 saturated carbocycles. The molecule has 79 heavy (non-hydrogen) atoms. The fourth-order valence-corrected chi connectivity index (χ4v) is 9.85. The number of nitrogens with one attached hydrogen (secondary N) is 4. The minimum atomic E-state index is -5.23. The molecule has 0 aliphatic carbocycles. The first kappa shape index (κ1) is 61.6. The van der Waals surface area contributed by atoms with Crippen molar-refractivity contribution < 1.29 is 82.4 Å². The number of carbonyl (C=O) groups is 4. The molecule has 0 radical (unpaired) electrons. The Hall–Kier alpha value is -6.58. The van der Waals surface area contributed by atoms with Gasteiger partial charge in [0, 0.05) is 71.6 Å². The van der Waals surface area contributed by atoms with Crippen molar-refractivity contribution in [1.29, 1.82) is 0 Å². The maximum atomic E-state index is 16.0. The second-order valence-corrected chi connectivity index (χ2v) is 20.8. The van der Waals surface area contributed by atoms with Gasteiger partial charge in [-0.1, -0.05) is 30.3 Å². The van der Waals surface area contributed by atoms with Crippen molar-refractivity contribution in [2.24, 2.45) is 21.6 Å². The van der Waals surface area contributed by atoms with Gasteiger partial charge in [-0.25, -0.2) is 28.4 Å². The molecule has 3 saturated heterocycles.